The van der Waals surface area contributed by atoms with E-state index >= 15 is 0 Å². The first kappa shape index (κ1) is 17.1. The van der Waals surface area contributed by atoms with E-state index in [0.29, 0.717) is 0 Å². The molecule has 7 heteroatoms. The first-order valence-corrected chi connectivity index (χ1v) is 9.61. The van der Waals surface area contributed by atoms with Crippen molar-refractivity contribution in [3.8, 4) is 11.1 Å². The minimum atomic E-state index is -4.19. The van der Waals surface area contributed by atoms with Crippen LogP contribution in [-0.4, -0.2) is 28.0 Å². The molecule has 0 spiro atoms. The molecule has 0 saturated heterocycles. The number of hydrogen-bond acceptors (Lipinski definition) is 4. The lowest BCUT2D eigenvalue weighted by Gasteiger charge is -1.99. The van der Waals surface area contributed by atoms with Crippen LogP contribution in [-0.2, 0) is 10.1 Å². The van der Waals surface area contributed by atoms with Crippen molar-refractivity contribution in [3.63, 3.8) is 0 Å². The molecule has 0 atom stereocenters. The molecule has 0 aliphatic heterocycles. The molecule has 4 aromatic rings. The molecular formula is C20H15N3O3S. The van der Waals surface area contributed by atoms with E-state index in [1.165, 1.54) is 16.9 Å². The number of hydrogen-bond donors (Lipinski definition) is 1. The van der Waals surface area contributed by atoms with Gasteiger partial charge in [0.05, 0.1) is 11.1 Å². The second-order valence-electron chi connectivity index (χ2n) is 5.95. The summed E-state index contributed by atoms with van der Waals surface area (Å²) in [6.45, 7) is 0. The zero-order valence-corrected chi connectivity index (χ0v) is 14.9. The van der Waals surface area contributed by atoms with E-state index in [4.69, 9.17) is 4.55 Å². The van der Waals surface area contributed by atoms with Gasteiger partial charge < -0.3 is 0 Å². The molecular weight excluding hydrogens is 362 g/mol. The highest BCUT2D eigenvalue weighted by atomic mass is 32.2. The molecule has 0 unspecified atom stereocenters. The van der Waals surface area contributed by atoms with Crippen molar-refractivity contribution in [2.45, 2.75) is 4.90 Å². The van der Waals surface area contributed by atoms with E-state index in [9.17, 15) is 8.42 Å². The Bertz CT molecular complexity index is 1230. The van der Waals surface area contributed by atoms with Gasteiger partial charge in [0.25, 0.3) is 10.1 Å². The lowest BCUT2D eigenvalue weighted by Crippen LogP contribution is -1.97. The van der Waals surface area contributed by atoms with Gasteiger partial charge in [0.1, 0.15) is 11.0 Å². The first-order chi connectivity index (χ1) is 13.0. The lowest BCUT2D eigenvalue weighted by atomic mass is 10.1. The predicted molar refractivity (Wildman–Crippen MR) is 104 cm³/mol. The van der Waals surface area contributed by atoms with Crippen molar-refractivity contribution in [2.75, 3.05) is 0 Å². The summed E-state index contributed by atoms with van der Waals surface area (Å²) < 4.78 is 31.1. The Balaban J connectivity index is 1.60. The van der Waals surface area contributed by atoms with Crippen molar-refractivity contribution in [1.82, 2.24) is 15.0 Å². The molecule has 0 radical (unpaired) electrons. The Hall–Kier alpha value is -3.29. The Morgan fingerprint density at radius 2 is 1.52 bits per heavy atom. The summed E-state index contributed by atoms with van der Waals surface area (Å²) in [7, 11) is -4.19. The SMILES string of the molecule is O=S(=O)(O)c1ccc(/C=C/n2nc3ccc(-c4ccccc4)cc3n2)cc1. The molecule has 6 nitrogen and oxygen atoms in total. The molecule has 0 bridgehead atoms. The van der Waals surface area contributed by atoms with Gasteiger partial charge in [-0.15, -0.1) is 10.2 Å². The number of nitrogens with zero attached hydrogens (tertiary/aromatic N) is 3. The minimum Gasteiger partial charge on any atom is -0.282 e. The molecule has 1 aromatic heterocycles. The third-order valence-corrected chi connectivity index (χ3v) is 4.95. The zero-order chi connectivity index (χ0) is 18.9. The molecule has 1 heterocycles. The zero-order valence-electron chi connectivity index (χ0n) is 14.1. The highest BCUT2D eigenvalue weighted by Gasteiger charge is 2.08. The smallest absolute Gasteiger partial charge is 0.282 e. The van der Waals surface area contributed by atoms with Gasteiger partial charge in [-0.05, 0) is 47.0 Å². The molecule has 0 saturated carbocycles. The summed E-state index contributed by atoms with van der Waals surface area (Å²) in [4.78, 5) is 1.33. The van der Waals surface area contributed by atoms with Crippen LogP contribution in [0.25, 0.3) is 34.4 Å². The minimum absolute atomic E-state index is 0.143. The molecule has 0 aliphatic carbocycles. The number of aromatic nitrogens is 3. The Morgan fingerprint density at radius 3 is 2.22 bits per heavy atom. The van der Waals surface area contributed by atoms with Crippen molar-refractivity contribution in [3.05, 3.63) is 78.4 Å². The van der Waals surface area contributed by atoms with Crippen LogP contribution < -0.4 is 0 Å². The van der Waals surface area contributed by atoms with Gasteiger partial charge in [0.2, 0.25) is 0 Å². The summed E-state index contributed by atoms with van der Waals surface area (Å²) in [5.74, 6) is 0. The standard InChI is InChI=1S/C20H15N3O3S/c24-27(25,26)18-9-6-15(7-10-18)12-13-23-21-19-11-8-17(14-20(19)22-23)16-4-2-1-3-5-16/h1-14H,(H,24,25,26)/b13-12+. The Kier molecular flexibility index (Phi) is 4.31. The summed E-state index contributed by atoms with van der Waals surface area (Å²) in [5.41, 5.74) is 4.50. The fourth-order valence-electron chi connectivity index (χ4n) is 2.71. The van der Waals surface area contributed by atoms with E-state index < -0.39 is 10.1 Å². The summed E-state index contributed by atoms with van der Waals surface area (Å²) in [6, 6.07) is 21.8. The van der Waals surface area contributed by atoms with Crippen LogP contribution in [0, 0.1) is 0 Å². The number of fused-ring (bicyclic) bond motifs is 1. The topological polar surface area (TPSA) is 85.1 Å². The average molecular weight is 377 g/mol. The maximum absolute atomic E-state index is 11.1. The van der Waals surface area contributed by atoms with Crippen LogP contribution in [0.4, 0.5) is 0 Å². The van der Waals surface area contributed by atoms with Gasteiger partial charge in [-0.1, -0.05) is 48.5 Å². The molecule has 0 aliphatic rings. The van der Waals surface area contributed by atoms with Crippen molar-refractivity contribution >= 4 is 33.4 Å². The third-order valence-electron chi connectivity index (χ3n) is 4.08. The average Bonchev–Trinajstić information content (AvgIpc) is 3.09. The molecule has 0 fully saturated rings. The Morgan fingerprint density at radius 1 is 0.815 bits per heavy atom. The molecule has 3 aromatic carbocycles. The fraction of sp³-hybridized carbons (Fsp3) is 0. The van der Waals surface area contributed by atoms with Gasteiger partial charge >= 0.3 is 0 Å². The van der Waals surface area contributed by atoms with E-state index in [1.54, 1.807) is 24.4 Å². The van der Waals surface area contributed by atoms with Crippen LogP contribution in [0.2, 0.25) is 0 Å². The number of benzene rings is 3. The van der Waals surface area contributed by atoms with Crippen LogP contribution >= 0.6 is 0 Å². The predicted octanol–water partition coefficient (Wildman–Crippen LogP) is 3.97. The molecule has 1 N–H and O–H groups in total. The number of rotatable bonds is 4. The van der Waals surface area contributed by atoms with Crippen molar-refractivity contribution in [2.24, 2.45) is 0 Å². The summed E-state index contributed by atoms with van der Waals surface area (Å²) in [5, 5.41) is 8.86. The molecule has 4 rings (SSSR count). The summed E-state index contributed by atoms with van der Waals surface area (Å²) in [6.07, 6.45) is 3.44. The van der Waals surface area contributed by atoms with E-state index in [-0.39, 0.29) is 4.90 Å². The fourth-order valence-corrected chi connectivity index (χ4v) is 3.19. The largest absolute Gasteiger partial charge is 0.294 e. The highest BCUT2D eigenvalue weighted by molar-refractivity contribution is 7.85. The first-order valence-electron chi connectivity index (χ1n) is 8.17. The van der Waals surface area contributed by atoms with Crippen molar-refractivity contribution < 1.29 is 13.0 Å². The highest BCUT2D eigenvalue weighted by Crippen LogP contribution is 2.22. The van der Waals surface area contributed by atoms with E-state index in [1.807, 2.05) is 48.5 Å². The second-order valence-corrected chi connectivity index (χ2v) is 7.37. The van der Waals surface area contributed by atoms with Crippen LogP contribution in [0.15, 0.2) is 77.7 Å². The van der Waals surface area contributed by atoms with Crippen LogP contribution in [0.3, 0.4) is 0 Å². The van der Waals surface area contributed by atoms with Gasteiger partial charge in [-0.3, -0.25) is 4.55 Å². The Labute approximate surface area is 156 Å². The van der Waals surface area contributed by atoms with Gasteiger partial charge in [-0.2, -0.15) is 13.2 Å². The second kappa shape index (κ2) is 6.79. The lowest BCUT2D eigenvalue weighted by molar-refractivity contribution is 0.483. The van der Waals surface area contributed by atoms with Crippen LogP contribution in [0.5, 0.6) is 0 Å². The van der Waals surface area contributed by atoms with Gasteiger partial charge in [0.15, 0.2) is 0 Å². The van der Waals surface area contributed by atoms with Gasteiger partial charge in [-0.25, -0.2) is 0 Å². The maximum Gasteiger partial charge on any atom is 0.294 e. The van der Waals surface area contributed by atoms with Gasteiger partial charge in [0, 0.05) is 0 Å². The molecule has 134 valence electrons. The van der Waals surface area contributed by atoms with Crippen LogP contribution in [0.1, 0.15) is 5.56 Å². The molecule has 0 amide bonds. The van der Waals surface area contributed by atoms with E-state index in [2.05, 4.69) is 10.2 Å². The normalized spacial score (nSPS) is 12.0. The maximum atomic E-state index is 11.1. The summed E-state index contributed by atoms with van der Waals surface area (Å²) >= 11 is 0. The third kappa shape index (κ3) is 3.79. The van der Waals surface area contributed by atoms with Crippen molar-refractivity contribution in [1.29, 1.82) is 0 Å². The monoisotopic (exact) mass is 377 g/mol. The molecule has 27 heavy (non-hydrogen) atoms. The van der Waals surface area contributed by atoms with E-state index in [0.717, 1.165) is 27.7 Å². The quantitative estimate of drug-likeness (QED) is 0.544.